The lowest BCUT2D eigenvalue weighted by atomic mass is 9.95. The summed E-state index contributed by atoms with van der Waals surface area (Å²) in [7, 11) is 0. The predicted molar refractivity (Wildman–Crippen MR) is 111 cm³/mol. The SMILES string of the molecule is CC(NC(=O)C1CCN(c2ccc3nnc(C(F)(F)F)n3n2)CC1)c1ccccc1Br. The van der Waals surface area contributed by atoms with Crippen molar-refractivity contribution in [1.82, 2.24) is 25.1 Å². The highest BCUT2D eigenvalue weighted by atomic mass is 79.9. The zero-order valence-electron chi connectivity index (χ0n) is 16.6. The summed E-state index contributed by atoms with van der Waals surface area (Å²) in [4.78, 5) is 14.6. The number of alkyl halides is 3. The van der Waals surface area contributed by atoms with Crippen molar-refractivity contribution >= 4 is 33.3 Å². The van der Waals surface area contributed by atoms with Crippen LogP contribution in [0.25, 0.3) is 5.65 Å². The summed E-state index contributed by atoms with van der Waals surface area (Å²) >= 11 is 3.50. The lowest BCUT2D eigenvalue weighted by molar-refractivity contribution is -0.146. The van der Waals surface area contributed by atoms with Crippen molar-refractivity contribution < 1.29 is 18.0 Å². The average Bonchev–Trinajstić information content (AvgIpc) is 3.18. The summed E-state index contributed by atoms with van der Waals surface area (Å²) in [5.41, 5.74) is 1.03. The largest absolute Gasteiger partial charge is 0.453 e. The van der Waals surface area contributed by atoms with E-state index >= 15 is 0 Å². The molecule has 1 fully saturated rings. The molecule has 0 bridgehead atoms. The number of rotatable bonds is 4. The quantitative estimate of drug-likeness (QED) is 0.590. The van der Waals surface area contributed by atoms with E-state index in [4.69, 9.17) is 0 Å². The molecule has 1 saturated heterocycles. The third-order valence-corrected chi connectivity index (χ3v) is 6.14. The Labute approximate surface area is 184 Å². The van der Waals surface area contributed by atoms with E-state index in [0.29, 0.717) is 36.3 Å². The molecule has 0 aliphatic carbocycles. The van der Waals surface area contributed by atoms with Gasteiger partial charge in [0.15, 0.2) is 5.65 Å². The number of nitrogens with zero attached hydrogens (tertiary/aromatic N) is 5. The van der Waals surface area contributed by atoms with Crippen molar-refractivity contribution in [2.45, 2.75) is 32.0 Å². The molecule has 0 saturated carbocycles. The topological polar surface area (TPSA) is 75.4 Å². The molecule has 3 heterocycles. The molecule has 31 heavy (non-hydrogen) atoms. The maximum atomic E-state index is 13.1. The summed E-state index contributed by atoms with van der Waals surface area (Å²) in [6.07, 6.45) is -3.47. The van der Waals surface area contributed by atoms with Gasteiger partial charge in [-0.3, -0.25) is 4.79 Å². The Balaban J connectivity index is 1.40. The molecular weight excluding hydrogens is 477 g/mol. The number of amides is 1. The molecule has 4 rings (SSSR count). The van der Waals surface area contributed by atoms with Crippen LogP contribution in [0.2, 0.25) is 0 Å². The number of nitrogens with one attached hydrogen (secondary N) is 1. The molecule has 0 spiro atoms. The van der Waals surface area contributed by atoms with Crippen molar-refractivity contribution in [3.8, 4) is 0 Å². The predicted octanol–water partition coefficient (Wildman–Crippen LogP) is 4.00. The van der Waals surface area contributed by atoms with Crippen LogP contribution in [0.3, 0.4) is 0 Å². The van der Waals surface area contributed by atoms with Gasteiger partial charge in [-0.2, -0.15) is 17.7 Å². The van der Waals surface area contributed by atoms with Crippen LogP contribution in [-0.2, 0) is 11.0 Å². The maximum Gasteiger partial charge on any atom is 0.453 e. The third kappa shape index (κ3) is 4.51. The van der Waals surface area contributed by atoms with Crippen LogP contribution in [0.5, 0.6) is 0 Å². The Morgan fingerprint density at radius 3 is 2.55 bits per heavy atom. The minimum atomic E-state index is -4.64. The van der Waals surface area contributed by atoms with Gasteiger partial charge < -0.3 is 10.2 Å². The van der Waals surface area contributed by atoms with Crippen LogP contribution >= 0.6 is 15.9 Å². The number of hydrogen-bond acceptors (Lipinski definition) is 5. The van der Waals surface area contributed by atoms with Crippen molar-refractivity contribution in [2.75, 3.05) is 18.0 Å². The van der Waals surface area contributed by atoms with Crippen molar-refractivity contribution in [3.63, 3.8) is 0 Å². The highest BCUT2D eigenvalue weighted by molar-refractivity contribution is 9.10. The second kappa shape index (κ2) is 8.45. The molecule has 1 atom stereocenters. The van der Waals surface area contributed by atoms with Gasteiger partial charge in [-0.05, 0) is 43.5 Å². The fraction of sp³-hybridized carbons (Fsp3) is 0.400. The fourth-order valence-corrected chi connectivity index (χ4v) is 4.36. The van der Waals surface area contributed by atoms with Crippen molar-refractivity contribution in [2.24, 2.45) is 5.92 Å². The van der Waals surface area contributed by atoms with Gasteiger partial charge in [-0.15, -0.1) is 15.3 Å². The lowest BCUT2D eigenvalue weighted by Crippen LogP contribution is -2.41. The van der Waals surface area contributed by atoms with Gasteiger partial charge in [0.05, 0.1) is 6.04 Å². The number of piperidine rings is 1. The van der Waals surface area contributed by atoms with Gasteiger partial charge in [0.2, 0.25) is 5.91 Å². The van der Waals surface area contributed by atoms with Crippen LogP contribution in [0.15, 0.2) is 40.9 Å². The van der Waals surface area contributed by atoms with E-state index < -0.39 is 12.0 Å². The van der Waals surface area contributed by atoms with Gasteiger partial charge >= 0.3 is 6.18 Å². The number of anilines is 1. The third-order valence-electron chi connectivity index (χ3n) is 5.42. The standard InChI is InChI=1S/C20H20BrF3N6O/c1-12(14-4-2-3-5-15(14)21)25-18(31)13-8-10-29(11-9-13)17-7-6-16-26-27-19(20(22,23)24)30(16)28-17/h2-7,12-13H,8-11H2,1H3,(H,25,31). The number of halogens is 4. The first-order chi connectivity index (χ1) is 14.7. The van der Waals surface area contributed by atoms with Crippen LogP contribution in [0.4, 0.5) is 19.0 Å². The number of aromatic nitrogens is 4. The second-order valence-electron chi connectivity index (χ2n) is 7.50. The lowest BCUT2D eigenvalue weighted by Gasteiger charge is -2.32. The number of carbonyl (C=O) groups is 1. The number of hydrogen-bond donors (Lipinski definition) is 1. The molecule has 2 aromatic heterocycles. The molecule has 1 unspecified atom stereocenters. The van der Waals surface area contributed by atoms with E-state index in [2.05, 4.69) is 36.5 Å². The number of carbonyl (C=O) groups excluding carboxylic acids is 1. The highest BCUT2D eigenvalue weighted by Crippen LogP contribution is 2.29. The second-order valence-corrected chi connectivity index (χ2v) is 8.35. The molecule has 164 valence electrons. The molecule has 1 amide bonds. The molecular formula is C20H20BrF3N6O. The minimum absolute atomic E-state index is 0.0236. The Morgan fingerprint density at radius 1 is 1.16 bits per heavy atom. The van der Waals surface area contributed by atoms with E-state index in [1.165, 1.54) is 6.07 Å². The average molecular weight is 497 g/mol. The normalized spacial score (nSPS) is 16.5. The first-order valence-electron chi connectivity index (χ1n) is 9.83. The van der Waals surface area contributed by atoms with Crippen LogP contribution in [0.1, 0.15) is 37.2 Å². The van der Waals surface area contributed by atoms with E-state index in [0.717, 1.165) is 10.0 Å². The molecule has 1 aromatic carbocycles. The maximum absolute atomic E-state index is 13.1. The summed E-state index contributed by atoms with van der Waals surface area (Å²) < 4.78 is 40.9. The Hall–Kier alpha value is -2.69. The van der Waals surface area contributed by atoms with Gasteiger partial charge in [0, 0.05) is 23.5 Å². The summed E-state index contributed by atoms with van der Waals surface area (Å²) in [6.45, 7) is 2.97. The van der Waals surface area contributed by atoms with E-state index in [1.807, 2.05) is 36.1 Å². The molecule has 1 N–H and O–H groups in total. The Bertz CT molecular complexity index is 1090. The number of fused-ring (bicyclic) bond motifs is 1. The van der Waals surface area contributed by atoms with E-state index in [-0.39, 0.29) is 23.5 Å². The molecule has 7 nitrogen and oxygen atoms in total. The minimum Gasteiger partial charge on any atom is -0.355 e. The molecule has 0 radical (unpaired) electrons. The molecule has 3 aromatic rings. The molecule has 11 heteroatoms. The van der Waals surface area contributed by atoms with Crippen molar-refractivity contribution in [1.29, 1.82) is 0 Å². The van der Waals surface area contributed by atoms with Crippen LogP contribution < -0.4 is 10.2 Å². The Morgan fingerprint density at radius 2 is 1.87 bits per heavy atom. The van der Waals surface area contributed by atoms with E-state index in [9.17, 15) is 18.0 Å². The van der Waals surface area contributed by atoms with Crippen LogP contribution in [-0.4, -0.2) is 38.8 Å². The van der Waals surface area contributed by atoms with E-state index in [1.54, 1.807) is 6.07 Å². The smallest absolute Gasteiger partial charge is 0.355 e. The van der Waals surface area contributed by atoms with Gasteiger partial charge in [-0.25, -0.2) is 0 Å². The van der Waals surface area contributed by atoms with Gasteiger partial charge in [-0.1, -0.05) is 34.1 Å². The summed E-state index contributed by atoms with van der Waals surface area (Å²) in [5, 5.41) is 13.9. The fourth-order valence-electron chi connectivity index (χ4n) is 3.73. The zero-order valence-corrected chi connectivity index (χ0v) is 18.2. The monoisotopic (exact) mass is 496 g/mol. The molecule has 1 aliphatic rings. The molecule has 1 aliphatic heterocycles. The Kier molecular flexibility index (Phi) is 5.87. The van der Waals surface area contributed by atoms with Gasteiger partial charge in [0.25, 0.3) is 5.82 Å². The summed E-state index contributed by atoms with van der Waals surface area (Å²) in [6, 6.07) is 10.7. The van der Waals surface area contributed by atoms with Crippen LogP contribution in [0, 0.1) is 5.92 Å². The first-order valence-corrected chi connectivity index (χ1v) is 10.6. The zero-order chi connectivity index (χ0) is 22.2. The first kappa shape index (κ1) is 21.5. The number of benzene rings is 1. The highest BCUT2D eigenvalue weighted by Gasteiger charge is 2.38. The van der Waals surface area contributed by atoms with Gasteiger partial charge in [0.1, 0.15) is 5.82 Å². The summed E-state index contributed by atoms with van der Waals surface area (Å²) in [5.74, 6) is -0.937. The van der Waals surface area contributed by atoms with Crippen molar-refractivity contribution in [3.05, 3.63) is 52.3 Å².